The second-order valence-corrected chi connectivity index (χ2v) is 3.39. The summed E-state index contributed by atoms with van der Waals surface area (Å²) in [5, 5.41) is 17.8. The van der Waals surface area contributed by atoms with E-state index in [1.165, 1.54) is 6.92 Å². The first-order chi connectivity index (χ1) is 8.93. The molecule has 0 saturated heterocycles. The molecule has 0 fully saturated rings. The Bertz CT molecular complexity index is 403. The topological polar surface area (TPSA) is 130 Å². The van der Waals surface area contributed by atoms with Crippen molar-refractivity contribution in [2.24, 2.45) is 5.73 Å². The molecule has 114 valence electrons. The average Bonchev–Trinajstić information content (AvgIpc) is 2.28. The zero-order valence-electron chi connectivity index (χ0n) is 10.3. The zero-order chi connectivity index (χ0) is 16.5. The fourth-order valence-electron chi connectivity index (χ4n) is 0.602. The van der Waals surface area contributed by atoms with Crippen molar-refractivity contribution in [3.05, 3.63) is 0 Å². The predicted molar refractivity (Wildman–Crippen MR) is 60.4 cm³/mol. The number of amides is 1. The van der Waals surface area contributed by atoms with Gasteiger partial charge in [0.1, 0.15) is 6.04 Å². The molecule has 0 aromatic rings. The molecule has 0 radical (unpaired) electrons. The minimum Gasteiger partial charge on any atom is -0.480 e. The average molecular weight is 298 g/mol. The maximum absolute atomic E-state index is 11.1. The normalized spacial score (nSPS) is 13.0. The highest BCUT2D eigenvalue weighted by Gasteiger charge is 2.38. The van der Waals surface area contributed by atoms with Crippen LogP contribution in [0, 0.1) is 12.3 Å². The first kappa shape index (κ1) is 20.0. The van der Waals surface area contributed by atoms with Crippen molar-refractivity contribution in [3.63, 3.8) is 0 Å². The van der Waals surface area contributed by atoms with Crippen LogP contribution in [0.5, 0.6) is 0 Å². The SMILES string of the molecule is C#CC[C@@H](N)C(=O)N[C@@H](C)C(=O)O.O=C(O)C(F)(F)F. The smallest absolute Gasteiger partial charge is 0.480 e. The summed E-state index contributed by atoms with van der Waals surface area (Å²) in [6, 6.07) is -1.79. The number of carboxylic acid groups (broad SMARTS) is 2. The summed E-state index contributed by atoms with van der Waals surface area (Å²) >= 11 is 0. The van der Waals surface area contributed by atoms with E-state index in [0.29, 0.717) is 0 Å². The molecule has 0 aromatic heterocycles. The van der Waals surface area contributed by atoms with E-state index in [2.05, 4.69) is 11.2 Å². The van der Waals surface area contributed by atoms with Gasteiger partial charge in [0.05, 0.1) is 6.04 Å². The molecule has 0 unspecified atom stereocenters. The summed E-state index contributed by atoms with van der Waals surface area (Å²) in [6.07, 6.45) is -0.0564. The molecule has 0 aromatic carbocycles. The molecular weight excluding hydrogens is 285 g/mol. The van der Waals surface area contributed by atoms with Crippen molar-refractivity contribution < 1.29 is 37.8 Å². The number of carboxylic acids is 2. The van der Waals surface area contributed by atoms with Crippen LogP contribution >= 0.6 is 0 Å². The van der Waals surface area contributed by atoms with E-state index >= 15 is 0 Å². The number of carbonyl (C=O) groups is 3. The number of rotatable bonds is 4. The standard InChI is InChI=1S/C8H12N2O3.C2HF3O2/c1-3-4-6(9)7(11)10-5(2)8(12)13;3-2(4,5)1(6)7/h1,5-6H,4,9H2,2H3,(H,10,11)(H,12,13);(H,6,7)/t5-,6+;/m0./s1. The number of terminal acetylenes is 1. The number of alkyl halides is 3. The van der Waals surface area contributed by atoms with Crippen LogP contribution in [0.1, 0.15) is 13.3 Å². The molecule has 2 atom stereocenters. The fourth-order valence-corrected chi connectivity index (χ4v) is 0.602. The molecule has 0 aliphatic rings. The Balaban J connectivity index is 0. The quantitative estimate of drug-likeness (QED) is 0.521. The molecule has 1 amide bonds. The van der Waals surface area contributed by atoms with Gasteiger partial charge >= 0.3 is 18.1 Å². The molecule has 0 bridgehead atoms. The van der Waals surface area contributed by atoms with Gasteiger partial charge in [-0.2, -0.15) is 13.2 Å². The Labute approximate surface area is 111 Å². The lowest BCUT2D eigenvalue weighted by Crippen LogP contribution is -2.46. The fraction of sp³-hybridized carbons (Fsp3) is 0.500. The van der Waals surface area contributed by atoms with Gasteiger partial charge in [0, 0.05) is 6.42 Å². The third-order valence-corrected chi connectivity index (χ3v) is 1.65. The number of nitrogens with two attached hydrogens (primary N) is 1. The first-order valence-electron chi connectivity index (χ1n) is 4.95. The first-order valence-corrected chi connectivity index (χ1v) is 4.95. The van der Waals surface area contributed by atoms with E-state index in [-0.39, 0.29) is 6.42 Å². The van der Waals surface area contributed by atoms with E-state index in [1.54, 1.807) is 0 Å². The number of hydrogen-bond acceptors (Lipinski definition) is 4. The van der Waals surface area contributed by atoms with E-state index in [1.807, 2.05) is 0 Å². The summed E-state index contributed by atoms with van der Waals surface area (Å²) < 4.78 is 31.7. The molecular formula is C10H13F3N2O5. The van der Waals surface area contributed by atoms with E-state index in [9.17, 15) is 22.8 Å². The van der Waals surface area contributed by atoms with Crippen LogP contribution in [0.3, 0.4) is 0 Å². The Morgan fingerprint density at radius 3 is 2.00 bits per heavy atom. The number of aliphatic carboxylic acids is 2. The van der Waals surface area contributed by atoms with Crippen molar-refractivity contribution in [2.75, 3.05) is 0 Å². The van der Waals surface area contributed by atoms with Gasteiger partial charge in [0.25, 0.3) is 0 Å². The minimum absolute atomic E-state index is 0.0954. The maximum Gasteiger partial charge on any atom is 0.490 e. The van der Waals surface area contributed by atoms with Gasteiger partial charge in [-0.1, -0.05) is 0 Å². The summed E-state index contributed by atoms with van der Waals surface area (Å²) in [6.45, 7) is 1.35. The highest BCUT2D eigenvalue weighted by atomic mass is 19.4. The molecule has 5 N–H and O–H groups in total. The second kappa shape index (κ2) is 8.76. The van der Waals surface area contributed by atoms with Crippen LogP contribution in [0.25, 0.3) is 0 Å². The lowest BCUT2D eigenvalue weighted by atomic mass is 10.2. The van der Waals surface area contributed by atoms with Gasteiger partial charge in [-0.25, -0.2) is 4.79 Å². The predicted octanol–water partition coefficient (Wildman–Crippen LogP) is -0.440. The Morgan fingerprint density at radius 2 is 1.75 bits per heavy atom. The Morgan fingerprint density at radius 1 is 1.35 bits per heavy atom. The Kier molecular flexibility index (Phi) is 8.78. The lowest BCUT2D eigenvalue weighted by Gasteiger charge is -2.12. The van der Waals surface area contributed by atoms with Gasteiger partial charge < -0.3 is 21.3 Å². The molecule has 0 heterocycles. The van der Waals surface area contributed by atoms with E-state index in [4.69, 9.17) is 27.2 Å². The van der Waals surface area contributed by atoms with Gasteiger partial charge in [0.2, 0.25) is 5.91 Å². The van der Waals surface area contributed by atoms with Crippen molar-refractivity contribution in [1.29, 1.82) is 0 Å². The second-order valence-electron chi connectivity index (χ2n) is 3.39. The number of nitrogens with one attached hydrogen (secondary N) is 1. The Hall–Kier alpha value is -2.28. The zero-order valence-corrected chi connectivity index (χ0v) is 10.3. The summed E-state index contributed by atoms with van der Waals surface area (Å²) in [5.74, 6) is -2.20. The molecule has 0 saturated carbocycles. The van der Waals surface area contributed by atoms with Crippen LogP contribution in [0.15, 0.2) is 0 Å². The van der Waals surface area contributed by atoms with Crippen LogP contribution in [-0.4, -0.2) is 46.3 Å². The summed E-state index contributed by atoms with van der Waals surface area (Å²) in [4.78, 5) is 30.3. The van der Waals surface area contributed by atoms with E-state index in [0.717, 1.165) is 0 Å². The molecule has 7 nitrogen and oxygen atoms in total. The molecule has 0 aliphatic carbocycles. The lowest BCUT2D eigenvalue weighted by molar-refractivity contribution is -0.192. The van der Waals surface area contributed by atoms with Gasteiger partial charge in [-0.05, 0) is 6.92 Å². The highest BCUT2D eigenvalue weighted by molar-refractivity contribution is 5.86. The van der Waals surface area contributed by atoms with Gasteiger partial charge in [-0.3, -0.25) is 9.59 Å². The third kappa shape index (κ3) is 9.72. The van der Waals surface area contributed by atoms with Crippen molar-refractivity contribution >= 4 is 17.8 Å². The number of halogens is 3. The molecule has 0 rings (SSSR count). The van der Waals surface area contributed by atoms with Crippen LogP contribution in [0.2, 0.25) is 0 Å². The minimum atomic E-state index is -5.08. The van der Waals surface area contributed by atoms with Gasteiger partial charge in [-0.15, -0.1) is 12.3 Å². The summed E-state index contributed by atoms with van der Waals surface area (Å²) in [7, 11) is 0. The number of hydrogen-bond donors (Lipinski definition) is 4. The van der Waals surface area contributed by atoms with E-state index < -0.39 is 36.1 Å². The molecule has 10 heteroatoms. The number of carbonyl (C=O) groups excluding carboxylic acids is 1. The van der Waals surface area contributed by atoms with Crippen molar-refractivity contribution in [1.82, 2.24) is 5.32 Å². The highest BCUT2D eigenvalue weighted by Crippen LogP contribution is 2.13. The van der Waals surface area contributed by atoms with Crippen LogP contribution in [0.4, 0.5) is 13.2 Å². The van der Waals surface area contributed by atoms with Crippen molar-refractivity contribution in [3.8, 4) is 12.3 Å². The largest absolute Gasteiger partial charge is 0.490 e. The van der Waals surface area contributed by atoms with Gasteiger partial charge in [0.15, 0.2) is 0 Å². The molecule has 20 heavy (non-hydrogen) atoms. The molecule has 0 spiro atoms. The molecule has 0 aliphatic heterocycles. The monoisotopic (exact) mass is 298 g/mol. The van der Waals surface area contributed by atoms with Crippen LogP contribution in [-0.2, 0) is 14.4 Å². The summed E-state index contributed by atoms with van der Waals surface area (Å²) in [5.41, 5.74) is 5.33. The van der Waals surface area contributed by atoms with Crippen molar-refractivity contribution in [2.45, 2.75) is 31.6 Å². The van der Waals surface area contributed by atoms with Crippen LogP contribution < -0.4 is 11.1 Å². The maximum atomic E-state index is 11.1. The third-order valence-electron chi connectivity index (χ3n) is 1.65.